The molecule has 19 heavy (non-hydrogen) atoms. The smallest absolute Gasteiger partial charge is 0.243 e. The number of nitrogens with zero attached hydrogens (tertiary/aromatic N) is 1. The monoisotopic (exact) mass is 280 g/mol. The first-order valence-corrected chi connectivity index (χ1v) is 6.81. The summed E-state index contributed by atoms with van der Waals surface area (Å²) < 4.78 is 0. The maximum Gasteiger partial charge on any atom is 0.243 e. The van der Waals surface area contributed by atoms with Crippen molar-refractivity contribution < 1.29 is 9.59 Å². The van der Waals surface area contributed by atoms with Gasteiger partial charge in [-0.1, -0.05) is 23.7 Å². The minimum atomic E-state index is -0.323. The van der Waals surface area contributed by atoms with Gasteiger partial charge in [0.15, 0.2) is 0 Å². The molecule has 2 amide bonds. The number of carbonyl (C=O) groups excluding carboxylic acids is 2. The van der Waals surface area contributed by atoms with E-state index < -0.39 is 0 Å². The fourth-order valence-electron chi connectivity index (χ4n) is 2.36. The zero-order chi connectivity index (χ0) is 13.8. The van der Waals surface area contributed by atoms with E-state index in [2.05, 4.69) is 5.32 Å². The van der Waals surface area contributed by atoms with E-state index >= 15 is 0 Å². The second-order valence-corrected chi connectivity index (χ2v) is 5.02. The SMILES string of the molecule is CCN1C(=O)CC[C@H]1C(=O)NCc1cccc(Cl)c1. The molecule has 0 unspecified atom stereocenters. The lowest BCUT2D eigenvalue weighted by Gasteiger charge is -2.22. The number of carbonyl (C=O) groups is 2. The van der Waals surface area contributed by atoms with E-state index in [1.165, 1.54) is 0 Å². The van der Waals surface area contributed by atoms with Crippen molar-refractivity contribution in [3.05, 3.63) is 34.9 Å². The Hall–Kier alpha value is -1.55. The average molecular weight is 281 g/mol. The fraction of sp³-hybridized carbons (Fsp3) is 0.429. The summed E-state index contributed by atoms with van der Waals surface area (Å²) in [6.07, 6.45) is 1.07. The van der Waals surface area contributed by atoms with E-state index in [9.17, 15) is 9.59 Å². The molecule has 1 aromatic carbocycles. The Labute approximate surface area is 117 Å². The van der Waals surface area contributed by atoms with Gasteiger partial charge in [0, 0.05) is 24.5 Å². The number of amides is 2. The molecule has 0 aliphatic carbocycles. The molecule has 1 aliphatic heterocycles. The number of likely N-dealkylation sites (tertiary alicyclic amines) is 1. The molecule has 2 rings (SSSR count). The number of nitrogens with one attached hydrogen (secondary N) is 1. The van der Waals surface area contributed by atoms with Crippen molar-refractivity contribution in [1.82, 2.24) is 10.2 Å². The van der Waals surface area contributed by atoms with Gasteiger partial charge in [0.1, 0.15) is 6.04 Å². The molecule has 0 saturated carbocycles. The molecule has 1 N–H and O–H groups in total. The third kappa shape index (κ3) is 3.26. The minimum Gasteiger partial charge on any atom is -0.350 e. The normalized spacial score (nSPS) is 18.7. The molecule has 102 valence electrons. The van der Waals surface area contributed by atoms with Crippen LogP contribution in [-0.2, 0) is 16.1 Å². The Morgan fingerprint density at radius 1 is 1.53 bits per heavy atom. The Morgan fingerprint density at radius 2 is 2.32 bits per heavy atom. The maximum atomic E-state index is 12.1. The van der Waals surface area contributed by atoms with Crippen molar-refractivity contribution in [1.29, 1.82) is 0 Å². The summed E-state index contributed by atoms with van der Waals surface area (Å²) in [4.78, 5) is 25.3. The summed E-state index contributed by atoms with van der Waals surface area (Å²) in [6.45, 7) is 2.90. The third-order valence-corrected chi connectivity index (χ3v) is 3.56. The number of rotatable bonds is 4. The predicted octanol–water partition coefficient (Wildman–Crippen LogP) is 1.97. The van der Waals surface area contributed by atoms with Gasteiger partial charge in [-0.25, -0.2) is 0 Å². The van der Waals surface area contributed by atoms with Crippen LogP contribution in [-0.4, -0.2) is 29.3 Å². The summed E-state index contributed by atoms with van der Waals surface area (Å²) in [7, 11) is 0. The molecule has 5 heteroatoms. The van der Waals surface area contributed by atoms with Gasteiger partial charge in [-0.05, 0) is 31.0 Å². The zero-order valence-corrected chi connectivity index (χ0v) is 11.6. The van der Waals surface area contributed by atoms with Crippen molar-refractivity contribution in [2.24, 2.45) is 0 Å². The first-order valence-electron chi connectivity index (χ1n) is 6.43. The fourth-order valence-corrected chi connectivity index (χ4v) is 2.57. The molecule has 1 fully saturated rings. The van der Waals surface area contributed by atoms with Gasteiger partial charge in [0.05, 0.1) is 0 Å². The summed E-state index contributed by atoms with van der Waals surface area (Å²) in [5.41, 5.74) is 0.952. The lowest BCUT2D eigenvalue weighted by atomic mass is 10.2. The molecule has 1 heterocycles. The molecular formula is C14H17ClN2O2. The zero-order valence-electron chi connectivity index (χ0n) is 10.9. The van der Waals surface area contributed by atoms with Crippen molar-refractivity contribution in [2.75, 3.05) is 6.54 Å². The molecule has 0 aromatic heterocycles. The van der Waals surface area contributed by atoms with Crippen LogP contribution < -0.4 is 5.32 Å². The van der Waals surface area contributed by atoms with Crippen molar-refractivity contribution >= 4 is 23.4 Å². The lowest BCUT2D eigenvalue weighted by molar-refractivity contribution is -0.135. The highest BCUT2D eigenvalue weighted by atomic mass is 35.5. The van der Waals surface area contributed by atoms with Crippen LogP contribution in [0.2, 0.25) is 5.02 Å². The summed E-state index contributed by atoms with van der Waals surface area (Å²) in [5.74, 6) is -0.0296. The van der Waals surface area contributed by atoms with E-state index in [0.717, 1.165) is 5.56 Å². The van der Waals surface area contributed by atoms with Crippen molar-refractivity contribution in [3.8, 4) is 0 Å². The molecule has 1 aromatic rings. The molecule has 1 atom stereocenters. The van der Waals surface area contributed by atoms with E-state index in [0.29, 0.717) is 31.0 Å². The van der Waals surface area contributed by atoms with Gasteiger partial charge >= 0.3 is 0 Å². The van der Waals surface area contributed by atoms with Gasteiger partial charge in [0.2, 0.25) is 11.8 Å². The van der Waals surface area contributed by atoms with Gasteiger partial charge in [-0.2, -0.15) is 0 Å². The quantitative estimate of drug-likeness (QED) is 0.917. The minimum absolute atomic E-state index is 0.0606. The lowest BCUT2D eigenvalue weighted by Crippen LogP contribution is -2.44. The number of hydrogen-bond acceptors (Lipinski definition) is 2. The summed E-state index contributed by atoms with van der Waals surface area (Å²) in [6, 6.07) is 7.04. The molecule has 4 nitrogen and oxygen atoms in total. The molecule has 1 saturated heterocycles. The van der Waals surface area contributed by atoms with Crippen LogP contribution in [0.1, 0.15) is 25.3 Å². The van der Waals surface area contributed by atoms with Crippen LogP contribution in [0, 0.1) is 0 Å². The maximum absolute atomic E-state index is 12.1. The number of halogens is 1. The predicted molar refractivity (Wildman–Crippen MR) is 73.7 cm³/mol. The highest BCUT2D eigenvalue weighted by Crippen LogP contribution is 2.18. The van der Waals surface area contributed by atoms with Crippen molar-refractivity contribution in [2.45, 2.75) is 32.4 Å². The average Bonchev–Trinajstić information content (AvgIpc) is 2.77. The van der Waals surface area contributed by atoms with Gasteiger partial charge < -0.3 is 10.2 Å². The molecule has 1 aliphatic rings. The van der Waals surface area contributed by atoms with Crippen LogP contribution >= 0.6 is 11.6 Å². The van der Waals surface area contributed by atoms with Crippen LogP contribution in [0.3, 0.4) is 0 Å². The molecule has 0 spiro atoms. The van der Waals surface area contributed by atoms with Crippen molar-refractivity contribution in [3.63, 3.8) is 0 Å². The van der Waals surface area contributed by atoms with Gasteiger partial charge in [-0.3, -0.25) is 9.59 Å². The van der Waals surface area contributed by atoms with E-state index in [1.54, 1.807) is 11.0 Å². The third-order valence-electron chi connectivity index (χ3n) is 3.33. The van der Waals surface area contributed by atoms with Crippen LogP contribution in [0.15, 0.2) is 24.3 Å². The largest absolute Gasteiger partial charge is 0.350 e. The summed E-state index contributed by atoms with van der Waals surface area (Å²) >= 11 is 5.89. The van der Waals surface area contributed by atoms with E-state index in [-0.39, 0.29) is 17.9 Å². The first-order chi connectivity index (χ1) is 9.11. The van der Waals surface area contributed by atoms with Gasteiger partial charge in [-0.15, -0.1) is 0 Å². The molecule has 0 radical (unpaired) electrons. The Bertz CT molecular complexity index is 490. The van der Waals surface area contributed by atoms with Crippen LogP contribution in [0.4, 0.5) is 0 Å². The Morgan fingerprint density at radius 3 is 3.00 bits per heavy atom. The highest BCUT2D eigenvalue weighted by molar-refractivity contribution is 6.30. The van der Waals surface area contributed by atoms with Crippen LogP contribution in [0.5, 0.6) is 0 Å². The van der Waals surface area contributed by atoms with Crippen LogP contribution in [0.25, 0.3) is 0 Å². The highest BCUT2D eigenvalue weighted by Gasteiger charge is 2.34. The molecule has 0 bridgehead atoms. The van der Waals surface area contributed by atoms with E-state index in [4.69, 9.17) is 11.6 Å². The second kappa shape index (κ2) is 6.06. The molecular weight excluding hydrogens is 264 g/mol. The Kier molecular flexibility index (Phi) is 4.43. The number of likely N-dealkylation sites (N-methyl/N-ethyl adjacent to an activating group) is 1. The summed E-state index contributed by atoms with van der Waals surface area (Å²) in [5, 5.41) is 3.51. The number of benzene rings is 1. The number of hydrogen-bond donors (Lipinski definition) is 1. The van der Waals surface area contributed by atoms with E-state index in [1.807, 2.05) is 25.1 Å². The second-order valence-electron chi connectivity index (χ2n) is 4.58. The van der Waals surface area contributed by atoms with Gasteiger partial charge in [0.25, 0.3) is 0 Å². The Balaban J connectivity index is 1.93. The standard InChI is InChI=1S/C14H17ClN2O2/c1-2-17-12(6-7-13(17)18)14(19)16-9-10-4-3-5-11(15)8-10/h3-5,8,12H,2,6-7,9H2,1H3,(H,16,19)/t12-/m0/s1. The first kappa shape index (κ1) is 13.9. The topological polar surface area (TPSA) is 49.4 Å².